The van der Waals surface area contributed by atoms with Gasteiger partial charge in [0.05, 0.1) is 24.9 Å². The average Bonchev–Trinajstić information content (AvgIpc) is 3.21. The molecule has 5 heterocycles. The molecule has 0 saturated carbocycles. The van der Waals surface area contributed by atoms with Crippen LogP contribution < -0.4 is 5.56 Å². The first kappa shape index (κ1) is 20.6. The number of aromatic nitrogens is 6. The molecule has 6 rings (SSSR count). The van der Waals surface area contributed by atoms with Gasteiger partial charge in [-0.1, -0.05) is 30.3 Å². The van der Waals surface area contributed by atoms with Gasteiger partial charge in [-0.25, -0.2) is 19.3 Å². The zero-order valence-corrected chi connectivity index (χ0v) is 18.3. The first-order chi connectivity index (χ1) is 16.7. The Morgan fingerprint density at radius 1 is 1.03 bits per heavy atom. The number of fused-ring (bicyclic) bond motifs is 3. The van der Waals surface area contributed by atoms with Gasteiger partial charge in [0.1, 0.15) is 5.69 Å². The third-order valence-corrected chi connectivity index (χ3v) is 6.13. The Morgan fingerprint density at radius 3 is 2.71 bits per heavy atom. The summed E-state index contributed by atoms with van der Waals surface area (Å²) in [5.74, 6) is -0.513. The van der Waals surface area contributed by atoms with Crippen LogP contribution in [0.2, 0.25) is 0 Å². The minimum atomic E-state index is -0.513. The fourth-order valence-electron chi connectivity index (χ4n) is 4.43. The lowest BCUT2D eigenvalue weighted by Gasteiger charge is -2.21. The highest BCUT2D eigenvalue weighted by Gasteiger charge is 2.27. The molecule has 34 heavy (non-hydrogen) atoms. The number of halogens is 1. The van der Waals surface area contributed by atoms with Crippen LogP contribution in [0.4, 0.5) is 4.39 Å². The van der Waals surface area contributed by atoms with Crippen LogP contribution in [0.15, 0.2) is 65.6 Å². The quantitative estimate of drug-likeness (QED) is 0.383. The SMILES string of the molecule is O=c1c2nn(Cc3ccc(-c4cccc(F)n4)cc3)c3ncccc3c-2nn1C1CCCOC1. The van der Waals surface area contributed by atoms with Crippen molar-refractivity contribution in [2.75, 3.05) is 13.2 Å². The maximum Gasteiger partial charge on any atom is 0.297 e. The molecule has 0 spiro atoms. The molecular weight excluding hydrogens is 435 g/mol. The van der Waals surface area contributed by atoms with Crippen LogP contribution in [0.5, 0.6) is 0 Å². The van der Waals surface area contributed by atoms with Crippen molar-refractivity contribution in [3.8, 4) is 22.6 Å². The molecule has 1 atom stereocenters. The normalized spacial score (nSPS) is 16.3. The summed E-state index contributed by atoms with van der Waals surface area (Å²) in [4.78, 5) is 21.7. The smallest absolute Gasteiger partial charge is 0.297 e. The van der Waals surface area contributed by atoms with Crippen LogP contribution in [-0.4, -0.2) is 42.7 Å². The molecule has 1 unspecified atom stereocenters. The second kappa shape index (κ2) is 8.42. The molecule has 0 radical (unpaired) electrons. The van der Waals surface area contributed by atoms with Crippen molar-refractivity contribution in [2.45, 2.75) is 25.4 Å². The number of benzene rings is 1. The summed E-state index contributed by atoms with van der Waals surface area (Å²) in [7, 11) is 0. The van der Waals surface area contributed by atoms with E-state index in [0.29, 0.717) is 42.5 Å². The Hall–Kier alpha value is -3.98. The van der Waals surface area contributed by atoms with Crippen molar-refractivity contribution in [2.24, 2.45) is 0 Å². The molecule has 3 aliphatic heterocycles. The number of rotatable bonds is 4. The van der Waals surface area contributed by atoms with Crippen molar-refractivity contribution in [3.63, 3.8) is 0 Å². The van der Waals surface area contributed by atoms with Gasteiger partial charge in [0.15, 0.2) is 11.3 Å². The van der Waals surface area contributed by atoms with Gasteiger partial charge in [-0.05, 0) is 42.7 Å². The molecular formula is C25H21FN6O2. The van der Waals surface area contributed by atoms with E-state index in [-0.39, 0.29) is 11.6 Å². The topological polar surface area (TPSA) is 87.7 Å². The van der Waals surface area contributed by atoms with E-state index in [1.165, 1.54) is 10.7 Å². The molecule has 1 saturated heterocycles. The molecule has 0 aliphatic carbocycles. The highest BCUT2D eigenvalue weighted by Crippen LogP contribution is 2.27. The van der Waals surface area contributed by atoms with E-state index in [4.69, 9.17) is 4.74 Å². The standard InChI is InChI=1S/C25H21FN6O2/c26-21-7-1-6-20(28-21)17-10-8-16(9-11-17)14-31-24-19(5-2-12-27-24)22-23(29-31)25(33)32(30-22)18-4-3-13-34-15-18/h1-2,5-12,18H,3-4,13-15H2. The third-order valence-electron chi connectivity index (χ3n) is 6.13. The molecule has 2 aromatic heterocycles. The van der Waals surface area contributed by atoms with E-state index in [2.05, 4.69) is 20.2 Å². The molecule has 8 nitrogen and oxygen atoms in total. The van der Waals surface area contributed by atoms with Crippen molar-refractivity contribution < 1.29 is 9.13 Å². The predicted molar refractivity (Wildman–Crippen MR) is 124 cm³/mol. The number of nitrogens with zero attached hydrogens (tertiary/aromatic N) is 6. The molecule has 0 bridgehead atoms. The van der Waals surface area contributed by atoms with Gasteiger partial charge in [-0.2, -0.15) is 14.6 Å². The Balaban J connectivity index is 1.40. The van der Waals surface area contributed by atoms with Gasteiger partial charge in [0, 0.05) is 23.8 Å². The highest BCUT2D eigenvalue weighted by atomic mass is 19.1. The summed E-state index contributed by atoms with van der Waals surface area (Å²) in [6.45, 7) is 1.61. The Kier molecular flexibility index (Phi) is 5.10. The molecule has 9 heteroatoms. The summed E-state index contributed by atoms with van der Waals surface area (Å²) in [6.07, 6.45) is 3.46. The fraction of sp³-hybridized carbons (Fsp3) is 0.240. The second-order valence-electron chi connectivity index (χ2n) is 8.39. The lowest BCUT2D eigenvalue weighted by atomic mass is 10.1. The summed E-state index contributed by atoms with van der Waals surface area (Å²) in [5, 5.41) is 10.1. The van der Waals surface area contributed by atoms with E-state index in [9.17, 15) is 9.18 Å². The number of ether oxygens (including phenoxy) is 1. The number of pyridine rings is 2. The summed E-state index contributed by atoms with van der Waals surface area (Å²) in [5.41, 5.74) is 3.67. The number of hydrogen-bond acceptors (Lipinski definition) is 6. The van der Waals surface area contributed by atoms with Crippen molar-refractivity contribution in [3.05, 3.63) is 82.7 Å². The maximum absolute atomic E-state index is 13.5. The van der Waals surface area contributed by atoms with E-state index in [1.807, 2.05) is 36.4 Å². The monoisotopic (exact) mass is 456 g/mol. The fourth-order valence-corrected chi connectivity index (χ4v) is 4.43. The maximum atomic E-state index is 13.5. The van der Waals surface area contributed by atoms with Crippen LogP contribution in [0.3, 0.4) is 0 Å². The first-order valence-electron chi connectivity index (χ1n) is 11.2. The lowest BCUT2D eigenvalue weighted by Crippen LogP contribution is -2.29. The van der Waals surface area contributed by atoms with Gasteiger partial charge in [-0.3, -0.25) is 4.79 Å². The van der Waals surface area contributed by atoms with Crippen molar-refractivity contribution in [1.29, 1.82) is 0 Å². The first-order valence-corrected chi connectivity index (χ1v) is 11.2. The van der Waals surface area contributed by atoms with E-state index in [1.54, 1.807) is 23.0 Å². The zero-order valence-electron chi connectivity index (χ0n) is 18.3. The summed E-state index contributed by atoms with van der Waals surface area (Å²) >= 11 is 0. The summed E-state index contributed by atoms with van der Waals surface area (Å²) in [6, 6.07) is 16.1. The second-order valence-corrected chi connectivity index (χ2v) is 8.39. The predicted octanol–water partition coefficient (Wildman–Crippen LogP) is 3.69. The van der Waals surface area contributed by atoms with Gasteiger partial charge < -0.3 is 4.74 Å². The highest BCUT2D eigenvalue weighted by molar-refractivity contribution is 5.89. The van der Waals surface area contributed by atoms with Gasteiger partial charge in [-0.15, -0.1) is 0 Å². The van der Waals surface area contributed by atoms with Gasteiger partial charge in [0.25, 0.3) is 5.56 Å². The number of hydrogen-bond donors (Lipinski definition) is 0. The van der Waals surface area contributed by atoms with E-state index < -0.39 is 5.95 Å². The minimum absolute atomic E-state index is 0.0837. The zero-order chi connectivity index (χ0) is 23.1. The molecule has 1 aromatic carbocycles. The third kappa shape index (κ3) is 3.63. The van der Waals surface area contributed by atoms with Crippen LogP contribution in [0, 0.1) is 5.95 Å². The Bertz CT molecular complexity index is 1500. The van der Waals surface area contributed by atoms with Gasteiger partial charge in [0.2, 0.25) is 5.95 Å². The minimum Gasteiger partial charge on any atom is -0.379 e. The molecule has 1 fully saturated rings. The van der Waals surface area contributed by atoms with Crippen molar-refractivity contribution >= 4 is 11.0 Å². The van der Waals surface area contributed by atoms with E-state index >= 15 is 0 Å². The van der Waals surface area contributed by atoms with E-state index in [0.717, 1.165) is 29.4 Å². The average molecular weight is 456 g/mol. The van der Waals surface area contributed by atoms with Crippen LogP contribution in [-0.2, 0) is 11.3 Å². The molecule has 3 aromatic rings. The lowest BCUT2D eigenvalue weighted by molar-refractivity contribution is 0.0540. The van der Waals surface area contributed by atoms with Crippen LogP contribution in [0.1, 0.15) is 24.4 Å². The largest absolute Gasteiger partial charge is 0.379 e. The molecule has 0 amide bonds. The summed E-state index contributed by atoms with van der Waals surface area (Å²) < 4.78 is 22.3. The van der Waals surface area contributed by atoms with Crippen LogP contribution in [0.25, 0.3) is 33.7 Å². The van der Waals surface area contributed by atoms with Crippen molar-refractivity contribution in [1.82, 2.24) is 29.5 Å². The Labute approximate surface area is 194 Å². The molecule has 3 aliphatic rings. The Morgan fingerprint density at radius 2 is 1.91 bits per heavy atom. The molecule has 0 N–H and O–H groups in total. The van der Waals surface area contributed by atoms with Crippen LogP contribution >= 0.6 is 0 Å². The van der Waals surface area contributed by atoms with Gasteiger partial charge >= 0.3 is 0 Å². The molecule has 170 valence electrons.